The Balaban J connectivity index is 4.33. The van der Waals surface area contributed by atoms with Gasteiger partial charge in [0, 0.05) is 8.86 Å². The lowest BCUT2D eigenvalue weighted by Gasteiger charge is -2.20. The third kappa shape index (κ3) is 29.6. The highest BCUT2D eigenvalue weighted by atomic mass is 127. The van der Waals surface area contributed by atoms with Crippen LogP contribution in [0.2, 0.25) is 0 Å². The first-order valence-electron chi connectivity index (χ1n) is 15.5. The Bertz CT molecular complexity index is 443. The van der Waals surface area contributed by atoms with E-state index in [2.05, 4.69) is 83.3 Å². The monoisotopic (exact) mass is 746 g/mol. The summed E-state index contributed by atoms with van der Waals surface area (Å²) in [6.45, 7) is 5.25. The molecule has 2 unspecified atom stereocenters. The van der Waals surface area contributed by atoms with E-state index in [0.717, 1.165) is 51.4 Å². The Morgan fingerprint density at radius 1 is 0.486 bits per heavy atom. The van der Waals surface area contributed by atoms with Gasteiger partial charge in [-0.3, -0.25) is 0 Å². The van der Waals surface area contributed by atoms with Crippen LogP contribution in [0.15, 0.2) is 24.3 Å². The van der Waals surface area contributed by atoms with Gasteiger partial charge in [0.05, 0.1) is 12.2 Å². The van der Waals surface area contributed by atoms with Gasteiger partial charge in [0.25, 0.3) is 0 Å². The molecule has 0 amide bonds. The molecule has 2 atom stereocenters. The fourth-order valence-corrected chi connectivity index (χ4v) is 5.13. The van der Waals surface area contributed by atoms with Crippen molar-refractivity contribution < 1.29 is 14.2 Å². The maximum atomic E-state index is 6.17. The third-order valence-corrected chi connectivity index (χ3v) is 7.97. The van der Waals surface area contributed by atoms with Crippen LogP contribution in [-0.2, 0) is 14.2 Å². The number of ether oxygens (including phenoxy) is 3. The van der Waals surface area contributed by atoms with Crippen LogP contribution in [0.1, 0.15) is 142 Å². The van der Waals surface area contributed by atoms with Crippen LogP contribution in [0, 0.1) is 0 Å². The number of rotatable bonds is 30. The van der Waals surface area contributed by atoms with Gasteiger partial charge in [-0.15, -0.1) is 0 Å². The van der Waals surface area contributed by atoms with E-state index in [-0.39, 0.29) is 12.2 Å². The number of hydrogen-bond acceptors (Lipinski definition) is 3. The lowest BCUT2D eigenvalue weighted by atomic mass is 10.0. The molecule has 0 spiro atoms. The minimum atomic E-state index is 0.289. The molecule has 0 rings (SSSR count). The molecule has 0 aliphatic carbocycles. The molecule has 0 heterocycles. The molecule has 3 nitrogen and oxygen atoms in total. The zero-order chi connectivity index (χ0) is 27.1. The number of alkyl halides is 2. The smallest absolute Gasteiger partial charge is 0.149 e. The van der Waals surface area contributed by atoms with Crippen molar-refractivity contribution in [2.24, 2.45) is 0 Å². The molecule has 0 aromatic heterocycles. The van der Waals surface area contributed by atoms with E-state index >= 15 is 0 Å². The molecule has 220 valence electrons. The summed E-state index contributed by atoms with van der Waals surface area (Å²) in [6, 6.07) is 0. The highest BCUT2D eigenvalue weighted by Gasteiger charge is 2.11. The predicted molar refractivity (Wildman–Crippen MR) is 180 cm³/mol. The van der Waals surface area contributed by atoms with E-state index in [9.17, 15) is 0 Å². The Hall–Kier alpha value is 0.820. The van der Waals surface area contributed by atoms with Crippen molar-refractivity contribution in [3.05, 3.63) is 24.3 Å². The molecule has 0 saturated heterocycles. The summed E-state index contributed by atoms with van der Waals surface area (Å²) in [6.07, 6.45) is 34.8. The summed E-state index contributed by atoms with van der Waals surface area (Å²) in [4.78, 5) is 0. The zero-order valence-corrected chi connectivity index (χ0v) is 28.7. The van der Waals surface area contributed by atoms with Crippen molar-refractivity contribution in [2.45, 2.75) is 154 Å². The van der Waals surface area contributed by atoms with Crippen LogP contribution in [0.3, 0.4) is 0 Å². The molecule has 0 bridgehead atoms. The average Bonchev–Trinajstić information content (AvgIpc) is 2.91. The van der Waals surface area contributed by atoms with Gasteiger partial charge in [-0.1, -0.05) is 160 Å². The fourth-order valence-electron chi connectivity index (χ4n) is 4.41. The lowest BCUT2D eigenvalue weighted by molar-refractivity contribution is -0.167. The molecule has 5 heteroatoms. The molecular weight excluding hydrogens is 686 g/mol. The summed E-state index contributed by atoms with van der Waals surface area (Å²) in [7, 11) is 0. The van der Waals surface area contributed by atoms with Crippen LogP contribution in [0.25, 0.3) is 0 Å². The summed E-state index contributed by atoms with van der Waals surface area (Å²) in [5.41, 5.74) is 0. The SMILES string of the molecule is CCCCCCCCC(CC/C=C/CCI)OCOCOC(CC/C=C/CCI)CCCCCCCC. The quantitative estimate of drug-likeness (QED) is 0.0241. The lowest BCUT2D eigenvalue weighted by Crippen LogP contribution is -2.19. The molecule has 0 fully saturated rings. The predicted octanol–water partition coefficient (Wildman–Crippen LogP) is 11.5. The van der Waals surface area contributed by atoms with Gasteiger partial charge in [-0.05, 0) is 51.4 Å². The minimum absolute atomic E-state index is 0.289. The van der Waals surface area contributed by atoms with Crippen LogP contribution in [-0.4, -0.2) is 34.6 Å². The molecule has 0 aromatic carbocycles. The summed E-state index contributed by atoms with van der Waals surface area (Å²) < 4.78 is 20.5. The van der Waals surface area contributed by atoms with Crippen LogP contribution >= 0.6 is 45.2 Å². The zero-order valence-electron chi connectivity index (χ0n) is 24.4. The fraction of sp³-hybridized carbons (Fsp3) is 0.875. The second-order valence-electron chi connectivity index (χ2n) is 10.2. The summed E-state index contributed by atoms with van der Waals surface area (Å²) in [5, 5.41) is 0. The molecule has 0 radical (unpaired) electrons. The molecule has 37 heavy (non-hydrogen) atoms. The van der Waals surface area contributed by atoms with Crippen molar-refractivity contribution in [1.29, 1.82) is 0 Å². The van der Waals surface area contributed by atoms with Gasteiger partial charge >= 0.3 is 0 Å². The Morgan fingerprint density at radius 3 is 1.27 bits per heavy atom. The first-order chi connectivity index (χ1) is 18.3. The third-order valence-electron chi connectivity index (χ3n) is 6.73. The largest absolute Gasteiger partial charge is 0.352 e. The van der Waals surface area contributed by atoms with E-state index in [1.165, 1.54) is 85.9 Å². The van der Waals surface area contributed by atoms with E-state index in [4.69, 9.17) is 14.2 Å². The van der Waals surface area contributed by atoms with Gasteiger partial charge in [0.1, 0.15) is 13.6 Å². The van der Waals surface area contributed by atoms with Crippen LogP contribution in [0.5, 0.6) is 0 Å². The topological polar surface area (TPSA) is 27.7 Å². The minimum Gasteiger partial charge on any atom is -0.352 e. The average molecular weight is 747 g/mol. The van der Waals surface area contributed by atoms with Gasteiger partial charge in [0.2, 0.25) is 0 Å². The maximum absolute atomic E-state index is 6.17. The van der Waals surface area contributed by atoms with Crippen LogP contribution in [0.4, 0.5) is 0 Å². The van der Waals surface area contributed by atoms with Crippen molar-refractivity contribution >= 4 is 45.2 Å². The van der Waals surface area contributed by atoms with Crippen molar-refractivity contribution in [2.75, 3.05) is 22.4 Å². The molecule has 0 aromatic rings. The standard InChI is InChI=1S/C32H60I2O3/c1-3-5-7-9-11-17-23-31(25-19-13-15-21-27-33)36-29-35-30-37-32(26-20-14-16-22-28-34)24-18-12-10-8-6-4-2/h13-16,31-32H,3-12,17-30H2,1-2H3/b15-13+,16-14+. The van der Waals surface area contributed by atoms with Crippen molar-refractivity contribution in [1.82, 2.24) is 0 Å². The van der Waals surface area contributed by atoms with Crippen molar-refractivity contribution in [3.63, 3.8) is 0 Å². The molecule has 0 aliphatic heterocycles. The van der Waals surface area contributed by atoms with Crippen molar-refractivity contribution in [3.8, 4) is 0 Å². The first-order valence-corrected chi connectivity index (χ1v) is 18.6. The van der Waals surface area contributed by atoms with E-state index in [1.54, 1.807) is 0 Å². The molecular formula is C32H60I2O3. The van der Waals surface area contributed by atoms with Gasteiger partial charge in [0.15, 0.2) is 0 Å². The highest BCUT2D eigenvalue weighted by molar-refractivity contribution is 14.1. The first kappa shape index (κ1) is 37.8. The normalized spacial score (nSPS) is 13.7. The number of hydrogen-bond donors (Lipinski definition) is 0. The van der Waals surface area contributed by atoms with E-state index in [0.29, 0.717) is 13.6 Å². The van der Waals surface area contributed by atoms with E-state index < -0.39 is 0 Å². The van der Waals surface area contributed by atoms with Gasteiger partial charge < -0.3 is 14.2 Å². The Kier molecular flexibility index (Phi) is 33.8. The van der Waals surface area contributed by atoms with E-state index in [1.807, 2.05) is 0 Å². The Labute approximate surface area is 259 Å². The summed E-state index contributed by atoms with van der Waals surface area (Å²) >= 11 is 4.87. The second-order valence-corrected chi connectivity index (χ2v) is 12.3. The number of unbranched alkanes of at least 4 members (excludes halogenated alkanes) is 10. The molecule has 0 N–H and O–H groups in total. The second kappa shape index (κ2) is 33.0. The summed E-state index contributed by atoms with van der Waals surface area (Å²) in [5.74, 6) is 0. The van der Waals surface area contributed by atoms with Gasteiger partial charge in [-0.2, -0.15) is 0 Å². The highest BCUT2D eigenvalue weighted by Crippen LogP contribution is 2.17. The molecule has 0 saturated carbocycles. The number of allylic oxidation sites excluding steroid dienone is 4. The van der Waals surface area contributed by atoms with Crippen LogP contribution < -0.4 is 0 Å². The molecule has 0 aliphatic rings. The maximum Gasteiger partial charge on any atom is 0.149 e. The van der Waals surface area contributed by atoms with Gasteiger partial charge in [-0.25, -0.2) is 0 Å². The Morgan fingerprint density at radius 2 is 0.865 bits per heavy atom. The number of halogens is 2.